The molecule has 1 saturated carbocycles. The van der Waals surface area contributed by atoms with Gasteiger partial charge in [0.25, 0.3) is 0 Å². The number of hydrogen-bond donors (Lipinski definition) is 2. The van der Waals surface area contributed by atoms with Gasteiger partial charge in [0.1, 0.15) is 5.75 Å². The monoisotopic (exact) mass is 261 g/mol. The maximum Gasteiger partial charge on any atom is 0.115 e. The SMILES string of the molecule is COC1CC(NC2CCc3cc(O)ccc32)C1(C)C. The summed E-state index contributed by atoms with van der Waals surface area (Å²) in [6.45, 7) is 4.55. The summed E-state index contributed by atoms with van der Waals surface area (Å²) in [5.74, 6) is 0.378. The van der Waals surface area contributed by atoms with Crippen LogP contribution in [0.15, 0.2) is 18.2 Å². The lowest BCUT2D eigenvalue weighted by atomic mass is 9.64. The zero-order chi connectivity index (χ0) is 13.6. The van der Waals surface area contributed by atoms with Crippen LogP contribution in [0.2, 0.25) is 0 Å². The lowest BCUT2D eigenvalue weighted by Gasteiger charge is -2.52. The number of phenols is 1. The largest absolute Gasteiger partial charge is 0.508 e. The Morgan fingerprint density at radius 2 is 2.16 bits per heavy atom. The van der Waals surface area contributed by atoms with Crippen molar-refractivity contribution in [1.29, 1.82) is 0 Å². The molecule has 0 radical (unpaired) electrons. The first-order chi connectivity index (χ1) is 9.02. The zero-order valence-corrected chi connectivity index (χ0v) is 11.9. The van der Waals surface area contributed by atoms with Crippen molar-refractivity contribution in [2.75, 3.05) is 7.11 Å². The Balaban J connectivity index is 1.71. The number of nitrogens with one attached hydrogen (secondary N) is 1. The van der Waals surface area contributed by atoms with Gasteiger partial charge in [-0.05, 0) is 42.5 Å². The minimum atomic E-state index is 0.203. The quantitative estimate of drug-likeness (QED) is 0.879. The summed E-state index contributed by atoms with van der Waals surface area (Å²) < 4.78 is 5.51. The smallest absolute Gasteiger partial charge is 0.115 e. The van der Waals surface area contributed by atoms with E-state index in [0.29, 0.717) is 23.9 Å². The highest BCUT2D eigenvalue weighted by molar-refractivity contribution is 5.40. The number of hydrogen-bond acceptors (Lipinski definition) is 3. The molecule has 2 aliphatic carbocycles. The molecule has 0 amide bonds. The molecule has 0 bridgehead atoms. The number of rotatable bonds is 3. The summed E-state index contributed by atoms with van der Waals surface area (Å²) in [6, 6.07) is 6.71. The summed E-state index contributed by atoms with van der Waals surface area (Å²) in [5.41, 5.74) is 2.85. The van der Waals surface area contributed by atoms with Crippen LogP contribution in [0.5, 0.6) is 5.75 Å². The normalized spacial score (nSPS) is 31.8. The minimum absolute atomic E-state index is 0.203. The molecular formula is C16H23NO2. The van der Waals surface area contributed by atoms with Crippen LogP contribution in [0.1, 0.15) is 43.9 Å². The second-order valence-corrected chi connectivity index (χ2v) is 6.48. The first-order valence-corrected chi connectivity index (χ1v) is 7.13. The van der Waals surface area contributed by atoms with Crippen molar-refractivity contribution >= 4 is 0 Å². The minimum Gasteiger partial charge on any atom is -0.508 e. The molecule has 1 aromatic carbocycles. The van der Waals surface area contributed by atoms with Crippen molar-refractivity contribution in [2.24, 2.45) is 5.41 Å². The van der Waals surface area contributed by atoms with E-state index in [9.17, 15) is 5.11 Å². The molecular weight excluding hydrogens is 238 g/mol. The molecule has 3 heteroatoms. The third-order valence-electron chi connectivity index (χ3n) is 5.07. The molecule has 0 aliphatic heterocycles. The molecule has 2 aliphatic rings. The van der Waals surface area contributed by atoms with Crippen LogP contribution < -0.4 is 5.32 Å². The fraction of sp³-hybridized carbons (Fsp3) is 0.625. The Morgan fingerprint density at radius 1 is 1.37 bits per heavy atom. The van der Waals surface area contributed by atoms with Crippen LogP contribution in [0.4, 0.5) is 0 Å². The molecule has 3 atom stereocenters. The molecule has 0 saturated heterocycles. The van der Waals surface area contributed by atoms with Gasteiger partial charge in [-0.15, -0.1) is 0 Å². The zero-order valence-electron chi connectivity index (χ0n) is 11.9. The van der Waals surface area contributed by atoms with E-state index in [2.05, 4.69) is 25.2 Å². The Morgan fingerprint density at radius 3 is 2.84 bits per heavy atom. The summed E-state index contributed by atoms with van der Waals surface area (Å²) in [4.78, 5) is 0. The van der Waals surface area contributed by atoms with Crippen molar-refractivity contribution in [3.8, 4) is 5.75 Å². The number of phenolic OH excluding ortho intramolecular Hbond substituents is 1. The van der Waals surface area contributed by atoms with Gasteiger partial charge in [0.05, 0.1) is 6.10 Å². The van der Waals surface area contributed by atoms with Gasteiger partial charge in [-0.3, -0.25) is 0 Å². The lowest BCUT2D eigenvalue weighted by molar-refractivity contribution is -0.100. The van der Waals surface area contributed by atoms with Crippen molar-refractivity contribution in [1.82, 2.24) is 5.32 Å². The van der Waals surface area contributed by atoms with Crippen LogP contribution in [0.25, 0.3) is 0 Å². The van der Waals surface area contributed by atoms with E-state index in [1.54, 1.807) is 13.2 Å². The molecule has 3 nitrogen and oxygen atoms in total. The second-order valence-electron chi connectivity index (χ2n) is 6.48. The first-order valence-electron chi connectivity index (χ1n) is 7.13. The lowest BCUT2D eigenvalue weighted by Crippen LogP contribution is -2.61. The average molecular weight is 261 g/mol. The molecule has 0 spiro atoms. The molecule has 1 fully saturated rings. The topological polar surface area (TPSA) is 41.5 Å². The van der Waals surface area contributed by atoms with Crippen LogP contribution in [-0.4, -0.2) is 24.4 Å². The number of aryl methyl sites for hydroxylation is 1. The van der Waals surface area contributed by atoms with Crippen LogP contribution >= 0.6 is 0 Å². The molecule has 104 valence electrons. The predicted octanol–water partition coefficient (Wildman–Crippen LogP) is 2.78. The Labute approximate surface area is 115 Å². The van der Waals surface area contributed by atoms with Crippen molar-refractivity contribution in [2.45, 2.75) is 51.3 Å². The second kappa shape index (κ2) is 4.50. The molecule has 1 aromatic rings. The van der Waals surface area contributed by atoms with Gasteiger partial charge in [-0.1, -0.05) is 19.9 Å². The maximum atomic E-state index is 9.53. The Bertz CT molecular complexity index is 484. The van der Waals surface area contributed by atoms with Crippen molar-refractivity contribution < 1.29 is 9.84 Å². The molecule has 0 heterocycles. The first kappa shape index (κ1) is 12.9. The fourth-order valence-electron chi connectivity index (χ4n) is 3.59. The number of methoxy groups -OCH3 is 1. The summed E-state index contributed by atoms with van der Waals surface area (Å²) >= 11 is 0. The van der Waals surface area contributed by atoms with Gasteiger partial charge in [0, 0.05) is 24.6 Å². The highest BCUT2D eigenvalue weighted by Crippen LogP contribution is 2.44. The average Bonchev–Trinajstić information content (AvgIpc) is 2.76. The Hall–Kier alpha value is -1.06. The predicted molar refractivity (Wildman–Crippen MR) is 75.3 cm³/mol. The fourth-order valence-corrected chi connectivity index (χ4v) is 3.59. The van der Waals surface area contributed by atoms with E-state index in [-0.39, 0.29) is 5.41 Å². The van der Waals surface area contributed by atoms with E-state index in [1.165, 1.54) is 11.1 Å². The van der Waals surface area contributed by atoms with Crippen LogP contribution in [0, 0.1) is 5.41 Å². The van der Waals surface area contributed by atoms with Crippen molar-refractivity contribution in [3.05, 3.63) is 29.3 Å². The highest BCUT2D eigenvalue weighted by Gasteiger charge is 2.49. The molecule has 3 rings (SSSR count). The Kier molecular flexibility index (Phi) is 3.06. The van der Waals surface area contributed by atoms with Crippen LogP contribution in [0.3, 0.4) is 0 Å². The number of fused-ring (bicyclic) bond motifs is 1. The van der Waals surface area contributed by atoms with Gasteiger partial charge in [-0.2, -0.15) is 0 Å². The van der Waals surface area contributed by atoms with E-state index >= 15 is 0 Å². The standard InChI is InChI=1S/C16H23NO2/c1-16(2)14(9-15(16)19-3)17-13-7-4-10-8-11(18)5-6-12(10)13/h5-6,8,13-15,17-18H,4,7,9H2,1-3H3. The summed E-state index contributed by atoms with van der Waals surface area (Å²) in [6.07, 6.45) is 3.64. The van der Waals surface area contributed by atoms with Crippen molar-refractivity contribution in [3.63, 3.8) is 0 Å². The van der Waals surface area contributed by atoms with E-state index in [0.717, 1.165) is 19.3 Å². The van der Waals surface area contributed by atoms with E-state index in [1.807, 2.05) is 6.07 Å². The third-order valence-corrected chi connectivity index (χ3v) is 5.07. The number of aromatic hydroxyl groups is 1. The number of benzene rings is 1. The molecule has 19 heavy (non-hydrogen) atoms. The van der Waals surface area contributed by atoms with Gasteiger partial charge in [0.15, 0.2) is 0 Å². The van der Waals surface area contributed by atoms with Gasteiger partial charge < -0.3 is 15.2 Å². The maximum absolute atomic E-state index is 9.53. The number of ether oxygens (including phenoxy) is 1. The molecule has 3 unspecified atom stereocenters. The third kappa shape index (κ3) is 2.05. The van der Waals surface area contributed by atoms with Gasteiger partial charge >= 0.3 is 0 Å². The summed E-state index contributed by atoms with van der Waals surface area (Å²) in [5, 5.41) is 13.3. The van der Waals surface area contributed by atoms with E-state index in [4.69, 9.17) is 4.74 Å². The summed E-state index contributed by atoms with van der Waals surface area (Å²) in [7, 11) is 1.80. The van der Waals surface area contributed by atoms with Gasteiger partial charge in [-0.25, -0.2) is 0 Å². The van der Waals surface area contributed by atoms with Crippen LogP contribution in [-0.2, 0) is 11.2 Å². The van der Waals surface area contributed by atoms with Gasteiger partial charge in [0.2, 0.25) is 0 Å². The van der Waals surface area contributed by atoms with E-state index < -0.39 is 0 Å². The highest BCUT2D eigenvalue weighted by atomic mass is 16.5. The molecule has 0 aromatic heterocycles. The molecule has 2 N–H and O–H groups in total.